The van der Waals surface area contributed by atoms with Gasteiger partial charge in [0, 0.05) is 3.57 Å². The van der Waals surface area contributed by atoms with Gasteiger partial charge in [-0.2, -0.15) is 0 Å². The summed E-state index contributed by atoms with van der Waals surface area (Å²) in [5.74, 6) is 0. The predicted octanol–water partition coefficient (Wildman–Crippen LogP) is 2.89. The van der Waals surface area contributed by atoms with Gasteiger partial charge in [-0.05, 0) is 52.5 Å². The lowest BCUT2D eigenvalue weighted by Crippen LogP contribution is -1.80. The Morgan fingerprint density at radius 3 is 3.00 bits per heavy atom. The van der Waals surface area contributed by atoms with Gasteiger partial charge in [-0.25, -0.2) is 4.99 Å². The number of thiocarbonyl (C=S) groups is 1. The molecule has 0 heterocycles. The molecule has 1 aromatic carbocycles. The molecule has 0 aliphatic rings. The normalized spacial score (nSPS) is 8.82. The van der Waals surface area contributed by atoms with Crippen LogP contribution >= 0.6 is 34.8 Å². The minimum Gasteiger partial charge on any atom is -0.228 e. The van der Waals surface area contributed by atoms with Gasteiger partial charge in [-0.3, -0.25) is 0 Å². The molecule has 1 nitrogen and oxygen atoms in total. The Bertz CT molecular complexity index is 292. The SMILES string of the molecule is S=C=NCc1cccc(I)c1. The van der Waals surface area contributed by atoms with Crippen molar-refractivity contribution in [2.75, 3.05) is 0 Å². The third-order valence-electron chi connectivity index (χ3n) is 1.22. The molecule has 0 saturated carbocycles. The molecule has 0 atom stereocenters. The van der Waals surface area contributed by atoms with Crippen LogP contribution in [0, 0.1) is 3.57 Å². The molecule has 0 spiro atoms. The lowest BCUT2D eigenvalue weighted by atomic mass is 10.2. The standard InChI is InChI=1S/C8H6INS/c9-8-3-1-2-7(4-8)5-10-6-11/h1-4H,5H2. The number of halogens is 1. The Morgan fingerprint density at radius 2 is 2.36 bits per heavy atom. The second-order valence-corrected chi connectivity index (χ2v) is 3.47. The van der Waals surface area contributed by atoms with Crippen molar-refractivity contribution in [3.05, 3.63) is 33.4 Å². The largest absolute Gasteiger partial charge is 0.228 e. The highest BCUT2D eigenvalue weighted by Crippen LogP contribution is 2.08. The van der Waals surface area contributed by atoms with Gasteiger partial charge in [0.25, 0.3) is 0 Å². The van der Waals surface area contributed by atoms with Crippen LogP contribution in [0.5, 0.6) is 0 Å². The number of hydrogen-bond donors (Lipinski definition) is 0. The predicted molar refractivity (Wildman–Crippen MR) is 57.9 cm³/mol. The van der Waals surface area contributed by atoms with E-state index < -0.39 is 0 Å². The molecule has 0 unspecified atom stereocenters. The van der Waals surface area contributed by atoms with Crippen molar-refractivity contribution in [2.24, 2.45) is 4.99 Å². The van der Waals surface area contributed by atoms with Crippen LogP contribution in [0.15, 0.2) is 29.3 Å². The Hall–Kier alpha value is -0.250. The van der Waals surface area contributed by atoms with E-state index in [0.717, 1.165) is 0 Å². The molecular formula is C8H6INS. The maximum Gasteiger partial charge on any atom is 0.0743 e. The monoisotopic (exact) mass is 275 g/mol. The molecule has 3 heteroatoms. The van der Waals surface area contributed by atoms with Crippen LogP contribution in [-0.2, 0) is 6.54 Å². The van der Waals surface area contributed by atoms with E-state index in [-0.39, 0.29) is 0 Å². The third-order valence-corrected chi connectivity index (χ3v) is 2.02. The lowest BCUT2D eigenvalue weighted by molar-refractivity contribution is 1.08. The molecular weight excluding hydrogens is 269 g/mol. The van der Waals surface area contributed by atoms with Crippen LogP contribution in [0.1, 0.15) is 5.56 Å². The fraction of sp³-hybridized carbons (Fsp3) is 0.125. The van der Waals surface area contributed by atoms with Gasteiger partial charge >= 0.3 is 0 Å². The van der Waals surface area contributed by atoms with Crippen LogP contribution in [0.3, 0.4) is 0 Å². The Kier molecular flexibility index (Phi) is 3.69. The first-order chi connectivity index (χ1) is 5.33. The molecule has 11 heavy (non-hydrogen) atoms. The molecule has 0 aromatic heterocycles. The summed E-state index contributed by atoms with van der Waals surface area (Å²) in [6.07, 6.45) is 0. The van der Waals surface area contributed by atoms with Crippen molar-refractivity contribution in [1.29, 1.82) is 0 Å². The molecule has 0 saturated heterocycles. The Morgan fingerprint density at radius 1 is 1.55 bits per heavy atom. The Labute approximate surface area is 84.7 Å². The average molecular weight is 275 g/mol. The van der Waals surface area contributed by atoms with Gasteiger partial charge in [-0.1, -0.05) is 12.1 Å². The van der Waals surface area contributed by atoms with Crippen molar-refractivity contribution >= 4 is 40.0 Å². The highest BCUT2D eigenvalue weighted by Gasteiger charge is 1.89. The second-order valence-electron chi connectivity index (χ2n) is 2.04. The maximum absolute atomic E-state index is 4.47. The first-order valence-electron chi connectivity index (χ1n) is 3.11. The van der Waals surface area contributed by atoms with Crippen molar-refractivity contribution in [2.45, 2.75) is 6.54 Å². The van der Waals surface area contributed by atoms with E-state index >= 15 is 0 Å². The molecule has 0 N–H and O–H groups in total. The molecule has 0 aliphatic heterocycles. The number of nitrogens with zero attached hydrogens (tertiary/aromatic N) is 1. The van der Waals surface area contributed by atoms with E-state index in [1.807, 2.05) is 18.2 Å². The Balaban J connectivity index is 2.79. The highest BCUT2D eigenvalue weighted by molar-refractivity contribution is 14.1. The van der Waals surface area contributed by atoms with Gasteiger partial charge < -0.3 is 0 Å². The topological polar surface area (TPSA) is 12.4 Å². The zero-order valence-corrected chi connectivity index (χ0v) is 8.72. The van der Waals surface area contributed by atoms with E-state index in [9.17, 15) is 0 Å². The second kappa shape index (κ2) is 4.59. The van der Waals surface area contributed by atoms with Gasteiger partial charge in [0.1, 0.15) is 0 Å². The van der Waals surface area contributed by atoms with Crippen LogP contribution < -0.4 is 0 Å². The summed E-state index contributed by atoms with van der Waals surface area (Å²) in [7, 11) is 0. The zero-order chi connectivity index (χ0) is 8.10. The van der Waals surface area contributed by atoms with Crippen molar-refractivity contribution < 1.29 is 0 Å². The van der Waals surface area contributed by atoms with Gasteiger partial charge in [-0.15, -0.1) is 0 Å². The highest BCUT2D eigenvalue weighted by atomic mass is 127. The summed E-state index contributed by atoms with van der Waals surface area (Å²) in [5, 5.41) is 2.34. The van der Waals surface area contributed by atoms with Crippen molar-refractivity contribution in [3.63, 3.8) is 0 Å². The average Bonchev–Trinajstić information content (AvgIpc) is 2.01. The van der Waals surface area contributed by atoms with Crippen LogP contribution in [-0.4, -0.2) is 5.16 Å². The quantitative estimate of drug-likeness (QED) is 0.459. The van der Waals surface area contributed by atoms with E-state index in [1.54, 1.807) is 0 Å². The molecule has 0 aliphatic carbocycles. The first-order valence-corrected chi connectivity index (χ1v) is 4.59. The number of benzene rings is 1. The van der Waals surface area contributed by atoms with Crippen LogP contribution in [0.4, 0.5) is 0 Å². The van der Waals surface area contributed by atoms with Crippen molar-refractivity contribution in [3.8, 4) is 0 Å². The summed E-state index contributed by atoms with van der Waals surface area (Å²) in [6.45, 7) is 0.639. The molecule has 0 bridgehead atoms. The number of hydrogen-bond acceptors (Lipinski definition) is 2. The van der Waals surface area contributed by atoms with Crippen molar-refractivity contribution in [1.82, 2.24) is 0 Å². The number of rotatable bonds is 2. The summed E-state index contributed by atoms with van der Waals surface area (Å²) in [6, 6.07) is 8.16. The maximum atomic E-state index is 4.47. The van der Waals surface area contributed by atoms with Crippen LogP contribution in [0.25, 0.3) is 0 Å². The molecule has 0 amide bonds. The summed E-state index contributed by atoms with van der Waals surface area (Å²) in [4.78, 5) is 3.84. The van der Waals surface area contributed by atoms with Gasteiger partial charge in [0.15, 0.2) is 0 Å². The lowest BCUT2D eigenvalue weighted by Gasteiger charge is -1.94. The summed E-state index contributed by atoms with van der Waals surface area (Å²) in [5.41, 5.74) is 1.18. The minimum atomic E-state index is 0.639. The van der Waals surface area contributed by atoms with E-state index in [0.29, 0.717) is 6.54 Å². The molecule has 1 rings (SSSR count). The summed E-state index contributed by atoms with van der Waals surface area (Å²) >= 11 is 6.73. The fourth-order valence-electron chi connectivity index (χ4n) is 0.759. The number of isothiocyanates is 1. The third kappa shape index (κ3) is 3.10. The van der Waals surface area contributed by atoms with E-state index in [4.69, 9.17) is 0 Å². The fourth-order valence-corrected chi connectivity index (χ4v) is 1.43. The molecule has 1 aromatic rings. The molecule has 56 valence electrons. The molecule has 0 radical (unpaired) electrons. The van der Waals surface area contributed by atoms with Crippen LogP contribution in [0.2, 0.25) is 0 Å². The number of aliphatic imine (C=N–C) groups is 1. The van der Waals surface area contributed by atoms with E-state index in [1.165, 1.54) is 9.13 Å². The summed E-state index contributed by atoms with van der Waals surface area (Å²) < 4.78 is 1.22. The van der Waals surface area contributed by atoms with Gasteiger partial charge in [0.2, 0.25) is 0 Å². The van der Waals surface area contributed by atoms with Gasteiger partial charge in [0.05, 0.1) is 11.7 Å². The zero-order valence-electron chi connectivity index (χ0n) is 5.75. The minimum absolute atomic E-state index is 0.639. The smallest absolute Gasteiger partial charge is 0.0743 e. The first kappa shape index (κ1) is 8.84. The van der Waals surface area contributed by atoms with E-state index in [2.05, 4.69) is 51.0 Å². The molecule has 0 fully saturated rings.